The third-order valence-electron chi connectivity index (χ3n) is 4.19. The fourth-order valence-corrected chi connectivity index (χ4v) is 2.77. The zero-order chi connectivity index (χ0) is 16.5. The molecule has 1 aromatic carbocycles. The van der Waals surface area contributed by atoms with E-state index >= 15 is 0 Å². The van der Waals surface area contributed by atoms with Crippen LogP contribution in [-0.4, -0.2) is 54.9 Å². The zero-order valence-corrected chi connectivity index (χ0v) is 13.4. The lowest BCUT2D eigenvalue weighted by Crippen LogP contribution is -2.45. The predicted octanol–water partition coefficient (Wildman–Crippen LogP) is 1.33. The van der Waals surface area contributed by atoms with Gasteiger partial charge in [0, 0.05) is 32.2 Å². The molecule has 1 aromatic heterocycles. The lowest BCUT2D eigenvalue weighted by Gasteiger charge is -2.33. The van der Waals surface area contributed by atoms with E-state index in [0.29, 0.717) is 34.6 Å². The molecule has 0 saturated carbocycles. The van der Waals surface area contributed by atoms with Crippen LogP contribution in [0.25, 0.3) is 0 Å². The third kappa shape index (κ3) is 2.76. The molecule has 0 spiro atoms. The molecule has 2 aromatic rings. The molecule has 126 valence electrons. The Bertz CT molecular complexity index is 746. The Hall–Kier alpha value is -2.74. The zero-order valence-electron chi connectivity index (χ0n) is 13.4. The standard InChI is InChI=1S/C16H19N5O3/c1-20-4-6-21(7-5-20)15-14(17)16(19-9-18-15)24-11-2-3-12-13(8-11)23-10-22-12/h2-3,8-9H,4-7,10,17H2,1H3. The number of nitrogen functional groups attached to an aromatic ring is 1. The number of aromatic nitrogens is 2. The number of anilines is 2. The van der Waals surface area contributed by atoms with Crippen molar-refractivity contribution in [3.63, 3.8) is 0 Å². The van der Waals surface area contributed by atoms with Gasteiger partial charge >= 0.3 is 0 Å². The lowest BCUT2D eigenvalue weighted by atomic mass is 10.3. The summed E-state index contributed by atoms with van der Waals surface area (Å²) in [5, 5.41) is 0. The van der Waals surface area contributed by atoms with Crippen LogP contribution in [0.5, 0.6) is 23.1 Å². The molecular formula is C16H19N5O3. The van der Waals surface area contributed by atoms with Gasteiger partial charge in [0.1, 0.15) is 17.8 Å². The first-order chi connectivity index (χ1) is 11.7. The predicted molar refractivity (Wildman–Crippen MR) is 88.8 cm³/mol. The Balaban J connectivity index is 1.56. The minimum absolute atomic E-state index is 0.224. The van der Waals surface area contributed by atoms with E-state index in [1.807, 2.05) is 0 Å². The number of nitrogens with two attached hydrogens (primary N) is 1. The molecule has 2 aliphatic rings. The van der Waals surface area contributed by atoms with Gasteiger partial charge in [0.15, 0.2) is 17.3 Å². The molecule has 0 aliphatic carbocycles. The van der Waals surface area contributed by atoms with Gasteiger partial charge in [-0.25, -0.2) is 4.98 Å². The summed E-state index contributed by atoms with van der Waals surface area (Å²) >= 11 is 0. The SMILES string of the molecule is CN1CCN(c2ncnc(Oc3ccc4c(c3)OCO4)c2N)CC1. The number of hydrogen-bond acceptors (Lipinski definition) is 8. The Kier molecular flexibility index (Phi) is 3.73. The van der Waals surface area contributed by atoms with E-state index in [9.17, 15) is 0 Å². The minimum atomic E-state index is 0.224. The lowest BCUT2D eigenvalue weighted by molar-refractivity contribution is 0.174. The van der Waals surface area contributed by atoms with Crippen molar-refractivity contribution in [2.75, 3.05) is 50.7 Å². The summed E-state index contributed by atoms with van der Waals surface area (Å²) in [4.78, 5) is 12.9. The topological polar surface area (TPSA) is 86.0 Å². The molecule has 0 radical (unpaired) electrons. The molecule has 2 N–H and O–H groups in total. The third-order valence-corrected chi connectivity index (χ3v) is 4.19. The number of hydrogen-bond donors (Lipinski definition) is 1. The molecule has 8 nitrogen and oxygen atoms in total. The second kappa shape index (κ2) is 6.04. The fraction of sp³-hybridized carbons (Fsp3) is 0.375. The second-order valence-corrected chi connectivity index (χ2v) is 5.82. The first-order valence-electron chi connectivity index (χ1n) is 7.82. The van der Waals surface area contributed by atoms with Gasteiger partial charge in [-0.1, -0.05) is 0 Å². The number of likely N-dealkylation sites (N-methyl/N-ethyl adjacent to an activating group) is 1. The van der Waals surface area contributed by atoms with Gasteiger partial charge in [0.25, 0.3) is 0 Å². The Morgan fingerprint density at radius 2 is 1.88 bits per heavy atom. The van der Waals surface area contributed by atoms with Gasteiger partial charge in [0.2, 0.25) is 12.7 Å². The van der Waals surface area contributed by atoms with Crippen LogP contribution in [0.2, 0.25) is 0 Å². The maximum atomic E-state index is 6.25. The maximum absolute atomic E-state index is 6.25. The number of piperazine rings is 1. The largest absolute Gasteiger partial charge is 0.454 e. The quantitative estimate of drug-likeness (QED) is 0.903. The Morgan fingerprint density at radius 3 is 2.71 bits per heavy atom. The fourth-order valence-electron chi connectivity index (χ4n) is 2.77. The van der Waals surface area contributed by atoms with E-state index < -0.39 is 0 Å². The van der Waals surface area contributed by atoms with E-state index in [1.165, 1.54) is 6.33 Å². The molecule has 0 amide bonds. The highest BCUT2D eigenvalue weighted by Gasteiger charge is 2.21. The monoisotopic (exact) mass is 329 g/mol. The summed E-state index contributed by atoms with van der Waals surface area (Å²) in [7, 11) is 2.11. The van der Waals surface area contributed by atoms with Crippen molar-refractivity contribution >= 4 is 11.5 Å². The molecule has 0 bridgehead atoms. The molecule has 3 heterocycles. The normalized spacial score (nSPS) is 17.1. The molecule has 0 unspecified atom stereocenters. The van der Waals surface area contributed by atoms with Crippen molar-refractivity contribution < 1.29 is 14.2 Å². The summed E-state index contributed by atoms with van der Waals surface area (Å²) in [6.07, 6.45) is 1.48. The number of ether oxygens (including phenoxy) is 3. The Morgan fingerprint density at radius 1 is 1.08 bits per heavy atom. The summed E-state index contributed by atoms with van der Waals surface area (Å²) < 4.78 is 16.5. The van der Waals surface area contributed by atoms with Gasteiger partial charge in [-0.2, -0.15) is 4.98 Å². The molecular weight excluding hydrogens is 310 g/mol. The molecule has 1 saturated heterocycles. The van der Waals surface area contributed by atoms with E-state index in [-0.39, 0.29) is 6.79 Å². The number of fused-ring (bicyclic) bond motifs is 1. The van der Waals surface area contributed by atoms with E-state index in [0.717, 1.165) is 26.2 Å². The van der Waals surface area contributed by atoms with Gasteiger partial charge in [-0.15, -0.1) is 0 Å². The van der Waals surface area contributed by atoms with Crippen molar-refractivity contribution in [1.29, 1.82) is 0 Å². The second-order valence-electron chi connectivity index (χ2n) is 5.82. The van der Waals surface area contributed by atoms with Crippen LogP contribution >= 0.6 is 0 Å². The number of rotatable bonds is 3. The summed E-state index contributed by atoms with van der Waals surface area (Å²) in [5.41, 5.74) is 6.69. The number of benzene rings is 1. The van der Waals surface area contributed by atoms with Crippen molar-refractivity contribution in [1.82, 2.24) is 14.9 Å². The van der Waals surface area contributed by atoms with Crippen molar-refractivity contribution in [2.24, 2.45) is 0 Å². The smallest absolute Gasteiger partial charge is 0.248 e. The van der Waals surface area contributed by atoms with Gasteiger partial charge in [0.05, 0.1) is 0 Å². The first kappa shape index (κ1) is 14.8. The van der Waals surface area contributed by atoms with Crippen molar-refractivity contribution in [2.45, 2.75) is 0 Å². The minimum Gasteiger partial charge on any atom is -0.454 e. The van der Waals surface area contributed by atoms with Crippen LogP contribution in [0, 0.1) is 0 Å². The first-order valence-corrected chi connectivity index (χ1v) is 7.82. The maximum Gasteiger partial charge on any atom is 0.248 e. The highest BCUT2D eigenvalue weighted by atomic mass is 16.7. The molecule has 8 heteroatoms. The van der Waals surface area contributed by atoms with Gasteiger partial charge in [-0.3, -0.25) is 0 Å². The van der Waals surface area contributed by atoms with Crippen LogP contribution in [0.4, 0.5) is 11.5 Å². The summed E-state index contributed by atoms with van der Waals surface area (Å²) in [6, 6.07) is 5.36. The Labute approximate surface area is 139 Å². The van der Waals surface area contributed by atoms with Crippen molar-refractivity contribution in [3.05, 3.63) is 24.5 Å². The molecule has 1 fully saturated rings. The highest BCUT2D eigenvalue weighted by Crippen LogP contribution is 2.38. The van der Waals surface area contributed by atoms with E-state index in [1.54, 1.807) is 18.2 Å². The summed E-state index contributed by atoms with van der Waals surface area (Å²) in [5.74, 6) is 3.01. The van der Waals surface area contributed by atoms with Crippen LogP contribution in [0.1, 0.15) is 0 Å². The van der Waals surface area contributed by atoms with Gasteiger partial charge < -0.3 is 29.7 Å². The van der Waals surface area contributed by atoms with Crippen LogP contribution < -0.4 is 24.8 Å². The van der Waals surface area contributed by atoms with Crippen LogP contribution in [-0.2, 0) is 0 Å². The molecule has 4 rings (SSSR count). The van der Waals surface area contributed by atoms with Crippen LogP contribution in [0.3, 0.4) is 0 Å². The number of nitrogens with zero attached hydrogens (tertiary/aromatic N) is 4. The van der Waals surface area contributed by atoms with Crippen LogP contribution in [0.15, 0.2) is 24.5 Å². The molecule has 24 heavy (non-hydrogen) atoms. The van der Waals surface area contributed by atoms with Crippen molar-refractivity contribution in [3.8, 4) is 23.1 Å². The summed E-state index contributed by atoms with van der Waals surface area (Å²) in [6.45, 7) is 3.92. The van der Waals surface area contributed by atoms with E-state index in [4.69, 9.17) is 19.9 Å². The van der Waals surface area contributed by atoms with E-state index in [2.05, 4.69) is 26.8 Å². The molecule has 0 atom stereocenters. The average Bonchev–Trinajstić information content (AvgIpc) is 3.05. The highest BCUT2D eigenvalue weighted by molar-refractivity contribution is 5.68. The average molecular weight is 329 g/mol. The molecule has 2 aliphatic heterocycles. The van der Waals surface area contributed by atoms with Gasteiger partial charge in [-0.05, 0) is 19.2 Å².